The topological polar surface area (TPSA) is 53.6 Å². The number of anilines is 1. The van der Waals surface area contributed by atoms with Gasteiger partial charge in [0.1, 0.15) is 0 Å². The van der Waals surface area contributed by atoms with Crippen molar-refractivity contribution in [3.8, 4) is 0 Å². The van der Waals surface area contributed by atoms with E-state index in [0.717, 1.165) is 50.6 Å². The summed E-state index contributed by atoms with van der Waals surface area (Å²) < 4.78 is 5.09. The van der Waals surface area contributed by atoms with Crippen LogP contribution in [-0.2, 0) is 4.74 Å². The number of piperidine rings is 1. The van der Waals surface area contributed by atoms with Gasteiger partial charge in [-0.25, -0.2) is 4.79 Å². The van der Waals surface area contributed by atoms with Crippen LogP contribution in [0.15, 0.2) is 17.5 Å². The van der Waals surface area contributed by atoms with Crippen molar-refractivity contribution < 1.29 is 9.53 Å². The lowest BCUT2D eigenvalue weighted by molar-refractivity contribution is 0.120. The highest BCUT2D eigenvalue weighted by molar-refractivity contribution is 7.14. The lowest BCUT2D eigenvalue weighted by Gasteiger charge is -2.31. The second-order valence-corrected chi connectivity index (χ2v) is 6.04. The quantitative estimate of drug-likeness (QED) is 0.846. The number of thiophene rings is 1. The van der Waals surface area contributed by atoms with Gasteiger partial charge in [-0.2, -0.15) is 0 Å². The van der Waals surface area contributed by atoms with Crippen molar-refractivity contribution >= 4 is 22.4 Å². The van der Waals surface area contributed by atoms with E-state index in [4.69, 9.17) is 4.74 Å². The number of carbonyl (C=O) groups is 1. The van der Waals surface area contributed by atoms with Crippen molar-refractivity contribution in [2.75, 3.05) is 45.2 Å². The van der Waals surface area contributed by atoms with Crippen LogP contribution < -0.4 is 10.6 Å². The minimum atomic E-state index is -0.103. The fraction of sp³-hybridized carbons (Fsp3) is 0.643. The van der Waals surface area contributed by atoms with Crippen LogP contribution in [0.1, 0.15) is 12.8 Å². The molecule has 1 aliphatic heterocycles. The molecule has 0 atom stereocenters. The lowest BCUT2D eigenvalue weighted by Crippen LogP contribution is -2.40. The van der Waals surface area contributed by atoms with E-state index in [1.807, 2.05) is 17.5 Å². The van der Waals surface area contributed by atoms with Gasteiger partial charge in [-0.1, -0.05) is 0 Å². The van der Waals surface area contributed by atoms with Gasteiger partial charge in [-0.15, -0.1) is 11.3 Å². The standard InChI is InChI=1S/C14H23N3O2S/c1-19-9-8-17-6-4-12(5-7-17)11-15-14(18)16-13-3-2-10-20-13/h2-3,10,12H,4-9,11H2,1H3,(H2,15,16,18). The van der Waals surface area contributed by atoms with E-state index in [1.165, 1.54) is 11.3 Å². The molecule has 5 nitrogen and oxygen atoms in total. The zero-order valence-corrected chi connectivity index (χ0v) is 12.7. The molecule has 2 rings (SSSR count). The monoisotopic (exact) mass is 297 g/mol. The molecule has 2 amide bonds. The molecule has 0 bridgehead atoms. The van der Waals surface area contributed by atoms with Crippen molar-refractivity contribution in [3.63, 3.8) is 0 Å². The van der Waals surface area contributed by atoms with E-state index < -0.39 is 0 Å². The normalized spacial score (nSPS) is 17.1. The Hall–Kier alpha value is -1.11. The number of rotatable bonds is 6. The van der Waals surface area contributed by atoms with Gasteiger partial charge in [0.05, 0.1) is 11.6 Å². The first-order valence-corrected chi connectivity index (χ1v) is 7.95. The van der Waals surface area contributed by atoms with Crippen LogP contribution >= 0.6 is 11.3 Å². The molecule has 1 aromatic rings. The van der Waals surface area contributed by atoms with E-state index in [1.54, 1.807) is 7.11 Å². The van der Waals surface area contributed by atoms with Crippen molar-refractivity contribution in [1.82, 2.24) is 10.2 Å². The summed E-state index contributed by atoms with van der Waals surface area (Å²) in [5, 5.41) is 8.64. The first-order valence-electron chi connectivity index (χ1n) is 7.07. The molecule has 2 heterocycles. The third-order valence-corrected chi connectivity index (χ3v) is 4.41. The van der Waals surface area contributed by atoms with Gasteiger partial charge < -0.3 is 15.0 Å². The second-order valence-electron chi connectivity index (χ2n) is 5.09. The number of carbonyl (C=O) groups excluding carboxylic acids is 1. The molecular formula is C14H23N3O2S. The lowest BCUT2D eigenvalue weighted by atomic mass is 9.97. The summed E-state index contributed by atoms with van der Waals surface area (Å²) in [7, 11) is 1.74. The molecule has 0 aliphatic carbocycles. The number of hydrogen-bond donors (Lipinski definition) is 2. The minimum Gasteiger partial charge on any atom is -0.383 e. The third kappa shape index (κ3) is 5.11. The number of hydrogen-bond acceptors (Lipinski definition) is 4. The van der Waals surface area contributed by atoms with E-state index in [0.29, 0.717) is 5.92 Å². The van der Waals surface area contributed by atoms with Crippen molar-refractivity contribution in [2.45, 2.75) is 12.8 Å². The molecule has 0 saturated carbocycles. The highest BCUT2D eigenvalue weighted by atomic mass is 32.1. The molecule has 0 aromatic carbocycles. The molecule has 1 aromatic heterocycles. The van der Waals surface area contributed by atoms with Crippen molar-refractivity contribution in [2.24, 2.45) is 5.92 Å². The fourth-order valence-electron chi connectivity index (χ4n) is 2.38. The van der Waals surface area contributed by atoms with Gasteiger partial charge >= 0.3 is 6.03 Å². The van der Waals surface area contributed by atoms with Crippen LogP contribution in [0.3, 0.4) is 0 Å². The molecule has 0 unspecified atom stereocenters. The summed E-state index contributed by atoms with van der Waals surface area (Å²) in [6.07, 6.45) is 2.28. The number of likely N-dealkylation sites (tertiary alicyclic amines) is 1. The molecule has 2 N–H and O–H groups in total. The maximum Gasteiger partial charge on any atom is 0.319 e. The fourth-order valence-corrected chi connectivity index (χ4v) is 2.99. The van der Waals surface area contributed by atoms with Crippen LogP contribution in [-0.4, -0.2) is 50.8 Å². The highest BCUT2D eigenvalue weighted by Gasteiger charge is 2.19. The average molecular weight is 297 g/mol. The maximum atomic E-state index is 11.7. The Bertz CT molecular complexity index is 389. The Morgan fingerprint density at radius 3 is 2.95 bits per heavy atom. The smallest absolute Gasteiger partial charge is 0.319 e. The zero-order valence-electron chi connectivity index (χ0n) is 11.9. The third-order valence-electron chi connectivity index (χ3n) is 3.63. The number of amides is 2. The van der Waals surface area contributed by atoms with Crippen LogP contribution in [0.25, 0.3) is 0 Å². The van der Waals surface area contributed by atoms with Gasteiger partial charge in [0, 0.05) is 20.2 Å². The average Bonchev–Trinajstić information content (AvgIpc) is 2.97. The molecule has 1 saturated heterocycles. The first kappa shape index (κ1) is 15.3. The van der Waals surface area contributed by atoms with Gasteiger partial charge in [0.25, 0.3) is 0 Å². The number of nitrogens with one attached hydrogen (secondary N) is 2. The number of nitrogens with zero attached hydrogens (tertiary/aromatic N) is 1. The molecule has 20 heavy (non-hydrogen) atoms. The van der Waals surface area contributed by atoms with E-state index >= 15 is 0 Å². The molecule has 1 fully saturated rings. The van der Waals surface area contributed by atoms with Crippen LogP contribution in [0.5, 0.6) is 0 Å². The number of urea groups is 1. The van der Waals surface area contributed by atoms with Crippen molar-refractivity contribution in [1.29, 1.82) is 0 Å². The summed E-state index contributed by atoms with van der Waals surface area (Å²) in [5.74, 6) is 0.586. The Balaban J connectivity index is 1.60. The predicted octanol–water partition coefficient (Wildman–Crippen LogP) is 2.23. The minimum absolute atomic E-state index is 0.103. The SMILES string of the molecule is COCCN1CCC(CNC(=O)Nc2cccs2)CC1. The van der Waals surface area contributed by atoms with Gasteiger partial charge in [0.15, 0.2) is 0 Å². The summed E-state index contributed by atoms with van der Waals surface area (Å²) in [4.78, 5) is 14.1. The zero-order chi connectivity index (χ0) is 14.2. The maximum absolute atomic E-state index is 11.7. The Morgan fingerprint density at radius 2 is 2.30 bits per heavy atom. The van der Waals surface area contributed by atoms with Crippen LogP contribution in [0.2, 0.25) is 0 Å². The molecule has 6 heteroatoms. The number of ether oxygens (including phenoxy) is 1. The van der Waals surface area contributed by atoms with E-state index in [-0.39, 0.29) is 6.03 Å². The first-order chi connectivity index (χ1) is 9.78. The Labute approximate surface area is 124 Å². The van der Waals surface area contributed by atoms with E-state index in [9.17, 15) is 4.79 Å². The molecule has 1 aliphatic rings. The van der Waals surface area contributed by atoms with Crippen LogP contribution in [0, 0.1) is 5.92 Å². The number of methoxy groups -OCH3 is 1. The van der Waals surface area contributed by atoms with Crippen LogP contribution in [0.4, 0.5) is 9.80 Å². The van der Waals surface area contributed by atoms with E-state index in [2.05, 4.69) is 15.5 Å². The second kappa shape index (κ2) is 8.24. The molecular weight excluding hydrogens is 274 g/mol. The van der Waals surface area contributed by atoms with Gasteiger partial charge in [0.2, 0.25) is 0 Å². The summed E-state index contributed by atoms with van der Waals surface area (Å²) in [6.45, 7) is 4.77. The van der Waals surface area contributed by atoms with Gasteiger partial charge in [-0.3, -0.25) is 5.32 Å². The Morgan fingerprint density at radius 1 is 1.50 bits per heavy atom. The molecule has 0 radical (unpaired) electrons. The largest absolute Gasteiger partial charge is 0.383 e. The summed E-state index contributed by atoms with van der Waals surface area (Å²) in [6, 6.07) is 3.73. The van der Waals surface area contributed by atoms with Crippen molar-refractivity contribution in [3.05, 3.63) is 17.5 Å². The molecule has 112 valence electrons. The molecule has 0 spiro atoms. The Kier molecular flexibility index (Phi) is 6.29. The predicted molar refractivity (Wildman–Crippen MR) is 82.4 cm³/mol. The highest BCUT2D eigenvalue weighted by Crippen LogP contribution is 2.17. The summed E-state index contributed by atoms with van der Waals surface area (Å²) >= 11 is 1.53. The van der Waals surface area contributed by atoms with Gasteiger partial charge in [-0.05, 0) is 49.4 Å². The summed E-state index contributed by atoms with van der Waals surface area (Å²) in [5.41, 5.74) is 0.